The largest absolute Gasteiger partial charge is 0.488 e. The molecule has 13 heteroatoms. The van der Waals surface area contributed by atoms with E-state index < -0.39 is 25.9 Å². The van der Waals surface area contributed by atoms with Gasteiger partial charge in [-0.2, -0.15) is 0 Å². The van der Waals surface area contributed by atoms with Crippen molar-refractivity contribution in [1.82, 2.24) is 0 Å². The van der Waals surface area contributed by atoms with E-state index in [0.29, 0.717) is 45.3 Å². The molecule has 1 fully saturated rings. The normalized spacial score (nSPS) is 12.0. The fourth-order valence-electron chi connectivity index (χ4n) is 3.84. The fraction of sp³-hybridized carbons (Fsp3) is 0.242. The minimum Gasteiger partial charge on any atom is -0.457 e. The molecule has 0 spiro atoms. The van der Waals surface area contributed by atoms with E-state index in [9.17, 15) is 4.79 Å². The molecule has 4 aromatic rings. The number of nitrogens with two attached hydrogens (primary N) is 1. The first-order valence-corrected chi connectivity index (χ1v) is 14.7. The van der Waals surface area contributed by atoms with E-state index >= 15 is 0 Å². The van der Waals surface area contributed by atoms with Crippen molar-refractivity contribution < 1.29 is 43.8 Å². The van der Waals surface area contributed by atoms with Gasteiger partial charge in [0.05, 0.1) is 0 Å². The Bertz CT molecular complexity index is 1480. The van der Waals surface area contributed by atoms with Crippen molar-refractivity contribution in [2.75, 3.05) is 24.3 Å². The second-order valence-electron chi connectivity index (χ2n) is 11.1. The molecular weight excluding hydrogens is 590 g/mol. The Morgan fingerprint density at radius 2 is 1.20 bits per heavy atom. The molecule has 0 radical (unpaired) electrons. The van der Waals surface area contributed by atoms with E-state index in [-0.39, 0.29) is 0 Å². The Hall–Kier alpha value is -4.52. The predicted molar refractivity (Wildman–Crippen MR) is 180 cm³/mol. The number of hydrogen-bond donors (Lipinski definition) is 6. The summed E-state index contributed by atoms with van der Waals surface area (Å²) in [5.41, 5.74) is 7.03. The third-order valence-corrected chi connectivity index (χ3v) is 5.99. The Morgan fingerprint density at radius 1 is 0.717 bits per heavy atom. The highest BCUT2D eigenvalue weighted by Crippen LogP contribution is 2.24. The summed E-state index contributed by atoms with van der Waals surface area (Å²) >= 11 is 0. The number of carbonyl (C=O) groups excluding carboxylic acids is 1. The number of carbonyl (C=O) groups is 1. The first kappa shape index (κ1) is 36.0. The minimum atomic E-state index is -1.51. The Morgan fingerprint density at radius 3 is 1.61 bits per heavy atom. The molecule has 0 aliphatic carbocycles. The predicted octanol–water partition coefficient (Wildman–Crippen LogP) is 4.04. The van der Waals surface area contributed by atoms with Gasteiger partial charge in [0, 0.05) is 36.7 Å². The zero-order chi connectivity index (χ0) is 33.5. The van der Waals surface area contributed by atoms with Crippen molar-refractivity contribution in [3.05, 3.63) is 97.1 Å². The Balaban J connectivity index is 0.000000225. The highest BCUT2D eigenvalue weighted by molar-refractivity contribution is 6.58. The van der Waals surface area contributed by atoms with Gasteiger partial charge in [-0.1, -0.05) is 36.4 Å². The molecular formula is C33H40B2N2O9. The maximum absolute atomic E-state index is 11.8. The highest BCUT2D eigenvalue weighted by Gasteiger charge is 2.16. The number of nitrogens with one attached hydrogen (secondary N) is 1. The summed E-state index contributed by atoms with van der Waals surface area (Å²) in [5, 5.41) is 38.7. The molecule has 0 bridgehead atoms. The molecule has 1 aliphatic rings. The molecule has 46 heavy (non-hydrogen) atoms. The molecule has 1 saturated heterocycles. The number of amides is 1. The van der Waals surface area contributed by atoms with Crippen LogP contribution in [0.5, 0.6) is 23.0 Å². The Labute approximate surface area is 269 Å². The second-order valence-corrected chi connectivity index (χ2v) is 11.1. The average Bonchev–Trinajstić information content (AvgIpc) is 3.58. The van der Waals surface area contributed by atoms with E-state index in [2.05, 4.69) is 5.32 Å². The van der Waals surface area contributed by atoms with Crippen molar-refractivity contribution in [1.29, 1.82) is 0 Å². The molecule has 242 valence electrons. The summed E-state index contributed by atoms with van der Waals surface area (Å²) in [7, 11) is -2.98. The monoisotopic (exact) mass is 630 g/mol. The van der Waals surface area contributed by atoms with Gasteiger partial charge in [-0.15, -0.1) is 0 Å². The average molecular weight is 630 g/mol. The van der Waals surface area contributed by atoms with Crippen molar-refractivity contribution in [3.63, 3.8) is 0 Å². The van der Waals surface area contributed by atoms with Crippen LogP contribution in [0.15, 0.2) is 97.1 Å². The van der Waals surface area contributed by atoms with E-state index in [1.807, 2.05) is 0 Å². The van der Waals surface area contributed by atoms with E-state index in [0.717, 1.165) is 13.2 Å². The highest BCUT2D eigenvalue weighted by atomic mass is 16.6. The van der Waals surface area contributed by atoms with Crippen LogP contribution < -0.4 is 31.4 Å². The molecule has 0 atom stereocenters. The summed E-state index contributed by atoms with van der Waals surface area (Å²) in [4.78, 5) is 11.8. The number of rotatable bonds is 7. The lowest BCUT2D eigenvalue weighted by Crippen LogP contribution is -2.29. The molecule has 0 aromatic heterocycles. The quantitative estimate of drug-likeness (QED) is 0.129. The topological polar surface area (TPSA) is 173 Å². The number of ether oxygens (including phenoxy) is 4. The number of anilines is 2. The number of hydrogen-bond acceptors (Lipinski definition) is 10. The third kappa shape index (κ3) is 13.6. The zero-order valence-electron chi connectivity index (χ0n) is 26.1. The van der Waals surface area contributed by atoms with Gasteiger partial charge in [0.2, 0.25) is 0 Å². The van der Waals surface area contributed by atoms with Crippen LogP contribution >= 0.6 is 0 Å². The van der Waals surface area contributed by atoms with Gasteiger partial charge in [0.15, 0.2) is 0 Å². The maximum atomic E-state index is 11.8. The Kier molecular flexibility index (Phi) is 13.9. The van der Waals surface area contributed by atoms with Gasteiger partial charge in [0.25, 0.3) is 0 Å². The van der Waals surface area contributed by atoms with Crippen molar-refractivity contribution in [2.45, 2.75) is 39.2 Å². The second kappa shape index (κ2) is 17.8. The van der Waals surface area contributed by atoms with Crippen LogP contribution in [0.3, 0.4) is 0 Å². The molecule has 7 N–H and O–H groups in total. The SMILES string of the molecule is C1CCOC1.CC(C)(C)OC(=O)Nc1cccc(Oc2ccc(B(O)O)cc2)c1.Nc1cccc(Oc2ccc(B(O)O)cc2)c1. The summed E-state index contributed by atoms with van der Waals surface area (Å²) < 4.78 is 21.4. The van der Waals surface area contributed by atoms with Crippen molar-refractivity contribution in [3.8, 4) is 23.0 Å². The summed E-state index contributed by atoms with van der Waals surface area (Å²) in [5.74, 6) is 2.32. The summed E-state index contributed by atoms with van der Waals surface area (Å²) in [6.45, 7) is 7.37. The lowest BCUT2D eigenvalue weighted by atomic mass is 9.80. The summed E-state index contributed by atoms with van der Waals surface area (Å²) in [6, 6.07) is 26.9. The van der Waals surface area contributed by atoms with Gasteiger partial charge >= 0.3 is 20.3 Å². The lowest BCUT2D eigenvalue weighted by Gasteiger charge is -2.19. The van der Waals surface area contributed by atoms with Crippen molar-refractivity contribution in [2.24, 2.45) is 0 Å². The lowest BCUT2D eigenvalue weighted by molar-refractivity contribution is 0.0636. The van der Waals surface area contributed by atoms with Crippen LogP contribution in [-0.4, -0.2) is 59.2 Å². The van der Waals surface area contributed by atoms with Gasteiger partial charge in [0.1, 0.15) is 28.6 Å². The van der Waals surface area contributed by atoms with Crippen LogP contribution in [0.1, 0.15) is 33.6 Å². The standard InChI is InChI=1S/C17H20BNO5.C12H12BNO3.C4H8O/c1-17(2,3)24-16(20)19-13-5-4-6-15(11-13)23-14-9-7-12(8-10-14)18(21)22;14-10-2-1-3-12(8-10)17-11-6-4-9(5-7-11)13(15)16;1-2-4-5-3-1/h4-11,21-22H,1-3H3,(H,19,20);1-8,15-16H,14H2;1-4H2. The van der Waals surface area contributed by atoms with Gasteiger partial charge < -0.3 is 44.8 Å². The third-order valence-electron chi connectivity index (χ3n) is 5.99. The number of nitrogen functional groups attached to an aromatic ring is 1. The van der Waals surface area contributed by atoms with Gasteiger partial charge in [-0.05, 0) is 93.1 Å². The van der Waals surface area contributed by atoms with E-state index in [4.69, 9.17) is 44.8 Å². The fourth-order valence-corrected chi connectivity index (χ4v) is 3.84. The first-order valence-electron chi connectivity index (χ1n) is 14.7. The van der Waals surface area contributed by atoms with Crippen LogP contribution in [0, 0.1) is 0 Å². The molecule has 4 aromatic carbocycles. The van der Waals surface area contributed by atoms with Crippen molar-refractivity contribution >= 4 is 42.6 Å². The number of benzene rings is 4. The van der Waals surface area contributed by atoms with Gasteiger partial charge in [-0.25, -0.2) is 4.79 Å². The van der Waals surface area contributed by atoms with Crippen LogP contribution in [0.25, 0.3) is 0 Å². The smallest absolute Gasteiger partial charge is 0.457 e. The zero-order valence-corrected chi connectivity index (χ0v) is 26.1. The minimum absolute atomic E-state index is 0.377. The summed E-state index contributed by atoms with van der Waals surface area (Å²) in [6.07, 6.45) is 2.01. The first-order chi connectivity index (χ1) is 21.9. The maximum Gasteiger partial charge on any atom is 0.488 e. The molecule has 1 amide bonds. The molecule has 1 heterocycles. The van der Waals surface area contributed by atoms with Gasteiger partial charge in [-0.3, -0.25) is 5.32 Å². The van der Waals surface area contributed by atoms with Crippen LogP contribution in [0.2, 0.25) is 0 Å². The molecule has 0 unspecified atom stereocenters. The van der Waals surface area contributed by atoms with E-state index in [1.165, 1.54) is 12.8 Å². The molecule has 5 rings (SSSR count). The van der Waals surface area contributed by atoms with E-state index in [1.54, 1.807) is 118 Å². The molecule has 0 saturated carbocycles. The van der Waals surface area contributed by atoms with Crippen LogP contribution in [0.4, 0.5) is 16.2 Å². The molecule has 1 aliphatic heterocycles. The van der Waals surface area contributed by atoms with Crippen LogP contribution in [-0.2, 0) is 9.47 Å². The molecule has 11 nitrogen and oxygen atoms in total.